The summed E-state index contributed by atoms with van der Waals surface area (Å²) >= 11 is 0. The van der Waals surface area contributed by atoms with Gasteiger partial charge in [-0.25, -0.2) is 8.42 Å². The molecule has 1 heterocycles. The summed E-state index contributed by atoms with van der Waals surface area (Å²) in [4.78, 5) is 14.3. The quantitative estimate of drug-likeness (QED) is 0.741. The molecule has 1 aliphatic heterocycles. The molecule has 140 valence electrons. The molecule has 8 nitrogen and oxygen atoms in total. The Morgan fingerprint density at radius 3 is 2.48 bits per heavy atom. The lowest BCUT2D eigenvalue weighted by Gasteiger charge is -2.29. The fourth-order valence-corrected chi connectivity index (χ4v) is 3.70. The number of anilines is 1. The number of ether oxygens (including phenoxy) is 2. The van der Waals surface area contributed by atoms with Crippen LogP contribution in [0.5, 0.6) is 11.5 Å². The second-order valence-corrected chi connectivity index (χ2v) is 8.02. The van der Waals surface area contributed by atoms with Gasteiger partial charge in [0, 0.05) is 19.2 Å². The minimum atomic E-state index is -3.66. The number of hydrogen-bond donors (Lipinski definition) is 1. The fourth-order valence-electron chi connectivity index (χ4n) is 2.53. The molecule has 0 aromatic heterocycles. The number of rotatable bonds is 7. The van der Waals surface area contributed by atoms with E-state index in [1.807, 2.05) is 19.0 Å². The molecule has 1 N–H and O–H groups in total. The summed E-state index contributed by atoms with van der Waals surface area (Å²) < 4.78 is 36.6. The van der Waals surface area contributed by atoms with Gasteiger partial charge in [-0.05, 0) is 33.2 Å². The highest BCUT2D eigenvalue weighted by Gasteiger charge is 2.30. The van der Waals surface area contributed by atoms with Crippen LogP contribution in [0.25, 0.3) is 0 Å². The summed E-state index contributed by atoms with van der Waals surface area (Å²) in [6, 6.07) is 3.95. The molecule has 25 heavy (non-hydrogen) atoms. The number of carbonyl (C=O) groups is 1. The van der Waals surface area contributed by atoms with E-state index in [-0.39, 0.29) is 5.91 Å². The van der Waals surface area contributed by atoms with Gasteiger partial charge in [0.15, 0.2) is 11.5 Å². The van der Waals surface area contributed by atoms with Crippen molar-refractivity contribution in [3.8, 4) is 11.5 Å². The van der Waals surface area contributed by atoms with Crippen molar-refractivity contribution in [1.29, 1.82) is 0 Å². The summed E-state index contributed by atoms with van der Waals surface area (Å²) in [7, 11) is 0.128. The predicted octanol–water partition coefficient (Wildman–Crippen LogP) is 0.290. The van der Waals surface area contributed by atoms with Crippen molar-refractivity contribution in [2.75, 3.05) is 51.0 Å². The van der Waals surface area contributed by atoms with Crippen LogP contribution in [0.1, 0.15) is 6.92 Å². The molecular weight excluding hydrogens is 346 g/mol. The van der Waals surface area contributed by atoms with Crippen LogP contribution in [-0.4, -0.2) is 71.9 Å². The highest BCUT2D eigenvalue weighted by Crippen LogP contribution is 2.35. The lowest BCUT2D eigenvalue weighted by molar-refractivity contribution is -0.121. The zero-order valence-corrected chi connectivity index (χ0v) is 15.8. The summed E-state index contributed by atoms with van der Waals surface area (Å²) in [6.45, 7) is 3.52. The number of benzene rings is 1. The molecule has 0 unspecified atom stereocenters. The maximum Gasteiger partial charge on any atom is 0.243 e. The molecule has 0 spiro atoms. The van der Waals surface area contributed by atoms with Gasteiger partial charge in [0.25, 0.3) is 0 Å². The van der Waals surface area contributed by atoms with E-state index >= 15 is 0 Å². The maximum absolute atomic E-state index is 12.4. The van der Waals surface area contributed by atoms with Gasteiger partial charge < -0.3 is 19.7 Å². The third-order valence-corrected chi connectivity index (χ3v) is 4.97. The Morgan fingerprint density at radius 1 is 1.24 bits per heavy atom. The highest BCUT2D eigenvalue weighted by molar-refractivity contribution is 7.92. The topological polar surface area (TPSA) is 88.2 Å². The molecule has 0 saturated carbocycles. The minimum Gasteiger partial charge on any atom is -0.486 e. The average molecular weight is 371 g/mol. The second kappa shape index (κ2) is 7.92. The monoisotopic (exact) mass is 371 g/mol. The Bertz CT molecular complexity index is 720. The number of likely N-dealkylation sites (N-methyl/N-ethyl adjacent to an activating group) is 1. The van der Waals surface area contributed by atoms with Crippen LogP contribution in [0.3, 0.4) is 0 Å². The van der Waals surface area contributed by atoms with Gasteiger partial charge in [0.1, 0.15) is 19.3 Å². The van der Waals surface area contributed by atoms with Crippen LogP contribution in [0.4, 0.5) is 5.69 Å². The van der Waals surface area contributed by atoms with E-state index in [0.717, 1.165) is 10.6 Å². The Balaban J connectivity index is 2.23. The Labute approximate surface area is 148 Å². The third kappa shape index (κ3) is 4.99. The largest absolute Gasteiger partial charge is 0.486 e. The lowest BCUT2D eigenvalue weighted by atomic mass is 10.2. The smallest absolute Gasteiger partial charge is 0.243 e. The number of nitrogens with zero attached hydrogens (tertiary/aromatic N) is 2. The average Bonchev–Trinajstić information content (AvgIpc) is 2.53. The van der Waals surface area contributed by atoms with Crippen LogP contribution in [-0.2, 0) is 14.8 Å². The fraction of sp³-hybridized carbons (Fsp3) is 0.562. The first-order valence-corrected chi connectivity index (χ1v) is 9.86. The summed E-state index contributed by atoms with van der Waals surface area (Å²) in [5.41, 5.74) is 0.363. The van der Waals surface area contributed by atoms with Crippen molar-refractivity contribution in [2.24, 2.45) is 0 Å². The maximum atomic E-state index is 12.4. The zero-order valence-electron chi connectivity index (χ0n) is 15.0. The standard InChI is InChI=1S/C16H25N3O5S/c1-12(16(20)17-7-8-18(2)3)19(25(4,21)22)13-5-6-14-15(11-13)24-10-9-23-14/h5-6,11-12H,7-10H2,1-4H3,(H,17,20)/t12-/m0/s1. The molecule has 0 saturated heterocycles. The molecule has 2 rings (SSSR count). The van der Waals surface area contributed by atoms with Gasteiger partial charge in [-0.2, -0.15) is 0 Å². The number of sulfonamides is 1. The van der Waals surface area contributed by atoms with E-state index in [0.29, 0.717) is 43.5 Å². The molecule has 0 aliphatic carbocycles. The van der Waals surface area contributed by atoms with Gasteiger partial charge >= 0.3 is 0 Å². The van der Waals surface area contributed by atoms with Crippen LogP contribution >= 0.6 is 0 Å². The minimum absolute atomic E-state index is 0.359. The molecule has 0 bridgehead atoms. The number of fused-ring (bicyclic) bond motifs is 1. The van der Waals surface area contributed by atoms with E-state index in [2.05, 4.69) is 5.32 Å². The van der Waals surface area contributed by atoms with Crippen LogP contribution < -0.4 is 19.1 Å². The molecule has 9 heteroatoms. The van der Waals surface area contributed by atoms with E-state index in [9.17, 15) is 13.2 Å². The van der Waals surface area contributed by atoms with Gasteiger partial charge in [0.05, 0.1) is 11.9 Å². The highest BCUT2D eigenvalue weighted by atomic mass is 32.2. The molecular formula is C16H25N3O5S. The molecule has 1 aromatic rings. The number of carbonyl (C=O) groups excluding carboxylic acids is 1. The molecule has 0 radical (unpaired) electrons. The first kappa shape index (κ1) is 19.3. The lowest BCUT2D eigenvalue weighted by Crippen LogP contribution is -2.48. The van der Waals surface area contributed by atoms with Crippen LogP contribution in [0.2, 0.25) is 0 Å². The van der Waals surface area contributed by atoms with Crippen LogP contribution in [0.15, 0.2) is 18.2 Å². The van der Waals surface area contributed by atoms with Crippen LogP contribution in [0, 0.1) is 0 Å². The summed E-state index contributed by atoms with van der Waals surface area (Å²) in [6.07, 6.45) is 1.08. The van der Waals surface area contributed by atoms with Crippen molar-refractivity contribution in [1.82, 2.24) is 10.2 Å². The van der Waals surface area contributed by atoms with E-state index < -0.39 is 16.1 Å². The molecule has 1 aliphatic rings. The third-order valence-electron chi connectivity index (χ3n) is 3.73. The first-order valence-electron chi connectivity index (χ1n) is 8.01. The summed E-state index contributed by atoms with van der Waals surface area (Å²) in [5, 5.41) is 2.76. The molecule has 1 amide bonds. The van der Waals surface area contributed by atoms with Gasteiger partial charge in [-0.3, -0.25) is 9.10 Å². The SMILES string of the molecule is C[C@@H](C(=O)NCCN(C)C)N(c1ccc2c(c1)OCCO2)S(C)(=O)=O. The number of hydrogen-bond acceptors (Lipinski definition) is 6. The van der Waals surface area contributed by atoms with Crippen molar-refractivity contribution >= 4 is 21.6 Å². The molecule has 0 fully saturated rings. The second-order valence-electron chi connectivity index (χ2n) is 6.16. The number of nitrogens with one attached hydrogen (secondary N) is 1. The Morgan fingerprint density at radius 2 is 1.88 bits per heavy atom. The zero-order chi connectivity index (χ0) is 18.6. The van der Waals surface area contributed by atoms with Gasteiger partial charge in [-0.1, -0.05) is 0 Å². The Kier molecular flexibility index (Phi) is 6.12. The molecule has 1 atom stereocenters. The van der Waals surface area contributed by atoms with E-state index in [4.69, 9.17) is 9.47 Å². The Hall–Kier alpha value is -2.00. The van der Waals surface area contributed by atoms with Crippen molar-refractivity contribution in [3.63, 3.8) is 0 Å². The normalized spacial score (nSPS) is 14.9. The first-order chi connectivity index (χ1) is 11.7. The van der Waals surface area contributed by atoms with E-state index in [1.54, 1.807) is 25.1 Å². The number of amides is 1. The summed E-state index contributed by atoms with van der Waals surface area (Å²) in [5.74, 6) is 0.673. The van der Waals surface area contributed by atoms with E-state index in [1.165, 1.54) is 0 Å². The van der Waals surface area contributed by atoms with Crippen molar-refractivity contribution in [2.45, 2.75) is 13.0 Å². The molecule has 1 aromatic carbocycles. The van der Waals surface area contributed by atoms with Gasteiger partial charge in [0.2, 0.25) is 15.9 Å². The predicted molar refractivity (Wildman–Crippen MR) is 95.8 cm³/mol. The van der Waals surface area contributed by atoms with Crippen molar-refractivity contribution in [3.05, 3.63) is 18.2 Å². The van der Waals surface area contributed by atoms with Gasteiger partial charge in [-0.15, -0.1) is 0 Å². The van der Waals surface area contributed by atoms with Crippen molar-refractivity contribution < 1.29 is 22.7 Å².